The molecule has 15 heavy (non-hydrogen) atoms. The number of carboxylic acid groups (broad SMARTS) is 1. The maximum atomic E-state index is 10.8. The van der Waals surface area contributed by atoms with Crippen LogP contribution in [0.15, 0.2) is 0 Å². The lowest BCUT2D eigenvalue weighted by Gasteiger charge is -2.53. The average Bonchev–Trinajstić information content (AvgIpc) is 2.16. The second kappa shape index (κ2) is 4.00. The molecule has 2 fully saturated rings. The number of hydrogen-bond donors (Lipinski definition) is 1. The minimum absolute atomic E-state index is 0.459. The summed E-state index contributed by atoms with van der Waals surface area (Å²) in [5.74, 6) is 0. The molecule has 4 heteroatoms. The first-order valence-electron chi connectivity index (χ1n) is 5.85. The van der Waals surface area contributed by atoms with Gasteiger partial charge in [0.2, 0.25) is 0 Å². The summed E-state index contributed by atoms with van der Waals surface area (Å²) < 4.78 is 0. The van der Waals surface area contributed by atoms with E-state index in [1.54, 1.807) is 4.90 Å². The van der Waals surface area contributed by atoms with Crippen LogP contribution in [0.5, 0.6) is 0 Å². The van der Waals surface area contributed by atoms with Gasteiger partial charge in [-0.05, 0) is 31.2 Å². The third-order valence-electron chi connectivity index (χ3n) is 3.75. The summed E-state index contributed by atoms with van der Waals surface area (Å²) in [6.07, 6.45) is 2.57. The van der Waals surface area contributed by atoms with Crippen LogP contribution in [-0.4, -0.2) is 53.7 Å². The summed E-state index contributed by atoms with van der Waals surface area (Å²) in [7, 11) is 0. The second-order valence-corrected chi connectivity index (χ2v) is 4.98. The molecule has 0 atom stereocenters. The highest BCUT2D eigenvalue weighted by atomic mass is 16.4. The van der Waals surface area contributed by atoms with Gasteiger partial charge in [0.05, 0.1) is 0 Å². The zero-order valence-corrected chi connectivity index (χ0v) is 9.41. The van der Waals surface area contributed by atoms with Crippen LogP contribution in [0.4, 0.5) is 4.79 Å². The Kier molecular flexibility index (Phi) is 2.87. The minimum Gasteiger partial charge on any atom is -0.465 e. The maximum absolute atomic E-state index is 10.8. The van der Waals surface area contributed by atoms with Crippen LogP contribution in [0, 0.1) is 5.41 Å². The smallest absolute Gasteiger partial charge is 0.407 e. The quantitative estimate of drug-likeness (QED) is 0.754. The van der Waals surface area contributed by atoms with Crippen molar-refractivity contribution < 1.29 is 9.90 Å². The molecule has 2 saturated heterocycles. The van der Waals surface area contributed by atoms with E-state index < -0.39 is 6.09 Å². The van der Waals surface area contributed by atoms with Gasteiger partial charge in [-0.2, -0.15) is 0 Å². The molecule has 86 valence electrons. The first-order chi connectivity index (χ1) is 7.15. The van der Waals surface area contributed by atoms with Gasteiger partial charge in [0.25, 0.3) is 0 Å². The van der Waals surface area contributed by atoms with Crippen LogP contribution in [0.1, 0.15) is 26.2 Å². The Labute approximate surface area is 90.9 Å². The molecule has 1 N–H and O–H groups in total. The number of rotatable bonds is 2. The van der Waals surface area contributed by atoms with Crippen LogP contribution in [0.3, 0.4) is 0 Å². The fourth-order valence-electron chi connectivity index (χ4n) is 2.87. The SMILES string of the molecule is CCCN1CC2(CCN(C(=O)O)CC2)C1. The van der Waals surface area contributed by atoms with E-state index in [4.69, 9.17) is 5.11 Å². The normalized spacial score (nSPS) is 25.3. The van der Waals surface area contributed by atoms with Gasteiger partial charge in [-0.3, -0.25) is 0 Å². The fourth-order valence-corrected chi connectivity index (χ4v) is 2.87. The number of amides is 1. The van der Waals surface area contributed by atoms with Gasteiger partial charge in [0.15, 0.2) is 0 Å². The van der Waals surface area contributed by atoms with Crippen molar-refractivity contribution in [3.63, 3.8) is 0 Å². The highest BCUT2D eigenvalue weighted by molar-refractivity contribution is 5.65. The topological polar surface area (TPSA) is 43.8 Å². The molecular formula is C11H20N2O2. The molecule has 4 nitrogen and oxygen atoms in total. The predicted molar refractivity (Wildman–Crippen MR) is 58.0 cm³/mol. The summed E-state index contributed by atoms with van der Waals surface area (Å²) in [5, 5.41) is 8.85. The van der Waals surface area contributed by atoms with E-state index in [-0.39, 0.29) is 0 Å². The van der Waals surface area contributed by atoms with E-state index in [9.17, 15) is 4.79 Å². The zero-order valence-electron chi connectivity index (χ0n) is 9.41. The Balaban J connectivity index is 1.77. The van der Waals surface area contributed by atoms with Crippen molar-refractivity contribution in [2.45, 2.75) is 26.2 Å². The lowest BCUT2D eigenvalue weighted by molar-refractivity contribution is -0.0421. The van der Waals surface area contributed by atoms with Gasteiger partial charge < -0.3 is 14.9 Å². The molecule has 0 unspecified atom stereocenters. The number of nitrogens with zero attached hydrogens (tertiary/aromatic N) is 2. The summed E-state index contributed by atoms with van der Waals surface area (Å²) in [6.45, 7) is 7.25. The summed E-state index contributed by atoms with van der Waals surface area (Å²) in [5.41, 5.74) is 0.459. The van der Waals surface area contributed by atoms with E-state index in [1.165, 1.54) is 26.1 Å². The van der Waals surface area contributed by atoms with Gasteiger partial charge in [0, 0.05) is 26.2 Å². The van der Waals surface area contributed by atoms with Crippen LogP contribution in [0.25, 0.3) is 0 Å². The highest BCUT2D eigenvalue weighted by Gasteiger charge is 2.44. The first-order valence-corrected chi connectivity index (χ1v) is 5.85. The van der Waals surface area contributed by atoms with E-state index in [1.807, 2.05) is 0 Å². The number of likely N-dealkylation sites (tertiary alicyclic amines) is 2. The van der Waals surface area contributed by atoms with Gasteiger partial charge in [-0.15, -0.1) is 0 Å². The molecule has 0 aromatic rings. The number of hydrogen-bond acceptors (Lipinski definition) is 2. The van der Waals surface area contributed by atoms with E-state index in [0.29, 0.717) is 5.41 Å². The van der Waals surface area contributed by atoms with Crippen LogP contribution in [0.2, 0.25) is 0 Å². The number of piperidine rings is 1. The fraction of sp³-hybridized carbons (Fsp3) is 0.909. The highest BCUT2D eigenvalue weighted by Crippen LogP contribution is 2.40. The zero-order chi connectivity index (χ0) is 10.9. The Hall–Kier alpha value is -0.770. The van der Waals surface area contributed by atoms with Gasteiger partial charge in [0.1, 0.15) is 0 Å². The van der Waals surface area contributed by atoms with Crippen molar-refractivity contribution in [1.29, 1.82) is 0 Å². The summed E-state index contributed by atoms with van der Waals surface area (Å²) >= 11 is 0. The summed E-state index contributed by atoms with van der Waals surface area (Å²) in [4.78, 5) is 14.8. The van der Waals surface area contributed by atoms with Crippen molar-refractivity contribution in [3.8, 4) is 0 Å². The first kappa shape index (κ1) is 10.7. The maximum Gasteiger partial charge on any atom is 0.407 e. The van der Waals surface area contributed by atoms with Crippen molar-refractivity contribution in [3.05, 3.63) is 0 Å². The molecule has 0 aromatic heterocycles. The molecule has 0 aromatic carbocycles. The molecule has 0 saturated carbocycles. The largest absolute Gasteiger partial charge is 0.465 e. The summed E-state index contributed by atoms with van der Waals surface area (Å²) in [6, 6.07) is 0. The van der Waals surface area contributed by atoms with Crippen LogP contribution < -0.4 is 0 Å². The Morgan fingerprint density at radius 2 is 1.93 bits per heavy atom. The van der Waals surface area contributed by atoms with Crippen molar-refractivity contribution in [2.75, 3.05) is 32.7 Å². The monoisotopic (exact) mass is 212 g/mol. The van der Waals surface area contributed by atoms with Crippen molar-refractivity contribution in [1.82, 2.24) is 9.80 Å². The standard InChI is InChI=1S/C11H20N2O2/c1-2-5-12-8-11(9-12)3-6-13(7-4-11)10(14)15/h2-9H2,1H3,(H,14,15). The third kappa shape index (κ3) is 2.09. The van der Waals surface area contributed by atoms with Crippen molar-refractivity contribution >= 4 is 6.09 Å². The Morgan fingerprint density at radius 1 is 1.33 bits per heavy atom. The Morgan fingerprint density at radius 3 is 2.40 bits per heavy atom. The predicted octanol–water partition coefficient (Wildman–Crippen LogP) is 1.47. The molecule has 2 aliphatic heterocycles. The minimum atomic E-state index is -0.755. The van der Waals surface area contributed by atoms with Crippen molar-refractivity contribution in [2.24, 2.45) is 5.41 Å². The lowest BCUT2D eigenvalue weighted by atomic mass is 9.72. The van der Waals surface area contributed by atoms with Crippen LogP contribution >= 0.6 is 0 Å². The lowest BCUT2D eigenvalue weighted by Crippen LogP contribution is -2.60. The molecular weight excluding hydrogens is 192 g/mol. The molecule has 1 spiro atoms. The number of carbonyl (C=O) groups is 1. The van der Waals surface area contributed by atoms with Gasteiger partial charge in [-0.25, -0.2) is 4.79 Å². The third-order valence-corrected chi connectivity index (χ3v) is 3.75. The molecule has 0 bridgehead atoms. The second-order valence-electron chi connectivity index (χ2n) is 4.98. The molecule has 2 heterocycles. The van der Waals surface area contributed by atoms with E-state index >= 15 is 0 Å². The average molecular weight is 212 g/mol. The molecule has 2 rings (SSSR count). The molecule has 0 aliphatic carbocycles. The molecule has 0 radical (unpaired) electrons. The molecule has 2 aliphatic rings. The van der Waals surface area contributed by atoms with Gasteiger partial charge in [-0.1, -0.05) is 6.92 Å². The Bertz CT molecular complexity index is 239. The van der Waals surface area contributed by atoms with Gasteiger partial charge >= 0.3 is 6.09 Å². The van der Waals surface area contributed by atoms with Crippen LogP contribution in [-0.2, 0) is 0 Å². The van der Waals surface area contributed by atoms with E-state index in [2.05, 4.69) is 11.8 Å². The van der Waals surface area contributed by atoms with E-state index in [0.717, 1.165) is 25.9 Å². The molecule has 1 amide bonds.